The van der Waals surface area contributed by atoms with Crippen molar-refractivity contribution in [1.29, 1.82) is 0 Å². The second-order valence-corrected chi connectivity index (χ2v) is 5.68. The van der Waals surface area contributed by atoms with Crippen molar-refractivity contribution in [2.45, 2.75) is 52.0 Å². The first-order valence-corrected chi connectivity index (χ1v) is 7.82. The summed E-state index contributed by atoms with van der Waals surface area (Å²) in [6.07, 6.45) is 6.26. The molecule has 1 aliphatic carbocycles. The molecule has 1 rings (SSSR count). The van der Waals surface area contributed by atoms with E-state index in [-0.39, 0.29) is 5.91 Å². The molecule has 0 aromatic heterocycles. The lowest BCUT2D eigenvalue weighted by atomic mass is 9.94. The number of amides is 1. The summed E-state index contributed by atoms with van der Waals surface area (Å²) in [6, 6.07) is 0.479. The Kier molecular flexibility index (Phi) is 7.39. The Balaban J connectivity index is 2.58. The molecule has 0 radical (unpaired) electrons. The molecule has 0 heterocycles. The molecule has 0 spiro atoms. The highest BCUT2D eigenvalue weighted by Gasteiger charge is 2.27. The Morgan fingerprint density at radius 3 is 2.37 bits per heavy atom. The second kappa shape index (κ2) is 8.54. The smallest absolute Gasteiger partial charge is 0.236 e. The van der Waals surface area contributed by atoms with Gasteiger partial charge in [0.05, 0.1) is 6.54 Å². The average Bonchev–Trinajstić information content (AvgIpc) is 2.64. The van der Waals surface area contributed by atoms with E-state index in [2.05, 4.69) is 11.9 Å². The van der Waals surface area contributed by atoms with Crippen LogP contribution in [0.2, 0.25) is 0 Å². The summed E-state index contributed by atoms with van der Waals surface area (Å²) in [5.74, 6) is 0.796. The summed E-state index contributed by atoms with van der Waals surface area (Å²) in [4.78, 5) is 16.3. The lowest BCUT2D eigenvalue weighted by molar-refractivity contribution is -0.132. The molecular formula is C15H31N3O. The Labute approximate surface area is 118 Å². The topological polar surface area (TPSA) is 49.6 Å². The van der Waals surface area contributed by atoms with Gasteiger partial charge in [0, 0.05) is 19.1 Å². The van der Waals surface area contributed by atoms with Crippen molar-refractivity contribution in [2.75, 3.05) is 33.2 Å². The monoisotopic (exact) mass is 269 g/mol. The molecule has 2 N–H and O–H groups in total. The minimum absolute atomic E-state index is 0.243. The molecule has 0 bridgehead atoms. The normalized spacial score (nSPS) is 24.3. The second-order valence-electron chi connectivity index (χ2n) is 5.68. The maximum absolute atomic E-state index is 12.2. The standard InChI is InChI=1S/C15H31N3O/c1-4-18(5-2)15(19)12-17(3)14-10-8-6-7-9-13(14)11-16/h13-14H,4-12,16H2,1-3H3. The van der Waals surface area contributed by atoms with Crippen LogP contribution in [0.3, 0.4) is 0 Å². The Hall–Kier alpha value is -0.610. The molecule has 1 aliphatic rings. The average molecular weight is 269 g/mol. The number of carbonyl (C=O) groups excluding carboxylic acids is 1. The molecular weight excluding hydrogens is 238 g/mol. The molecule has 1 amide bonds. The summed E-state index contributed by atoms with van der Waals surface area (Å²) in [5.41, 5.74) is 5.92. The fourth-order valence-electron chi connectivity index (χ4n) is 3.23. The van der Waals surface area contributed by atoms with E-state index in [0.717, 1.165) is 19.6 Å². The van der Waals surface area contributed by atoms with Crippen LogP contribution in [0.1, 0.15) is 46.0 Å². The molecule has 1 saturated carbocycles. The lowest BCUT2D eigenvalue weighted by Crippen LogP contribution is -2.46. The molecule has 0 aromatic carbocycles. The minimum atomic E-state index is 0.243. The third-order valence-corrected chi connectivity index (χ3v) is 4.49. The van der Waals surface area contributed by atoms with E-state index in [0.29, 0.717) is 18.5 Å². The number of likely N-dealkylation sites (N-methyl/N-ethyl adjacent to an activating group) is 2. The van der Waals surface area contributed by atoms with Gasteiger partial charge >= 0.3 is 0 Å². The van der Waals surface area contributed by atoms with E-state index in [9.17, 15) is 4.79 Å². The van der Waals surface area contributed by atoms with Crippen LogP contribution in [-0.4, -0.2) is 55.0 Å². The SMILES string of the molecule is CCN(CC)C(=O)CN(C)C1CCCCCC1CN. The van der Waals surface area contributed by atoms with E-state index >= 15 is 0 Å². The van der Waals surface area contributed by atoms with Gasteiger partial charge in [0.2, 0.25) is 5.91 Å². The van der Waals surface area contributed by atoms with E-state index in [1.807, 2.05) is 18.7 Å². The van der Waals surface area contributed by atoms with Crippen LogP contribution in [0.15, 0.2) is 0 Å². The van der Waals surface area contributed by atoms with Crippen LogP contribution in [0, 0.1) is 5.92 Å². The van der Waals surface area contributed by atoms with Crippen molar-refractivity contribution in [3.8, 4) is 0 Å². The van der Waals surface area contributed by atoms with Gasteiger partial charge in [-0.1, -0.05) is 19.3 Å². The Morgan fingerprint density at radius 1 is 1.16 bits per heavy atom. The number of nitrogens with zero attached hydrogens (tertiary/aromatic N) is 2. The molecule has 4 nitrogen and oxygen atoms in total. The van der Waals surface area contributed by atoms with Crippen LogP contribution in [-0.2, 0) is 4.79 Å². The number of nitrogens with two attached hydrogens (primary N) is 1. The zero-order valence-electron chi connectivity index (χ0n) is 12.9. The maximum atomic E-state index is 12.2. The molecule has 2 unspecified atom stereocenters. The number of hydrogen-bond acceptors (Lipinski definition) is 3. The minimum Gasteiger partial charge on any atom is -0.342 e. The lowest BCUT2D eigenvalue weighted by Gasteiger charge is -2.33. The molecule has 19 heavy (non-hydrogen) atoms. The molecule has 4 heteroatoms. The van der Waals surface area contributed by atoms with Gasteiger partial charge in [-0.15, -0.1) is 0 Å². The van der Waals surface area contributed by atoms with E-state index in [4.69, 9.17) is 5.73 Å². The Morgan fingerprint density at radius 2 is 1.79 bits per heavy atom. The van der Waals surface area contributed by atoms with E-state index < -0.39 is 0 Å². The molecule has 0 aromatic rings. The highest BCUT2D eigenvalue weighted by Crippen LogP contribution is 2.26. The van der Waals surface area contributed by atoms with Crippen LogP contribution < -0.4 is 5.73 Å². The van der Waals surface area contributed by atoms with Crippen LogP contribution >= 0.6 is 0 Å². The maximum Gasteiger partial charge on any atom is 0.236 e. The molecule has 112 valence electrons. The van der Waals surface area contributed by atoms with Gasteiger partial charge in [-0.2, -0.15) is 0 Å². The third kappa shape index (κ3) is 4.77. The molecule has 1 fully saturated rings. The first kappa shape index (κ1) is 16.4. The third-order valence-electron chi connectivity index (χ3n) is 4.49. The van der Waals surface area contributed by atoms with Crippen molar-refractivity contribution in [3.63, 3.8) is 0 Å². The van der Waals surface area contributed by atoms with E-state index in [1.165, 1.54) is 32.1 Å². The fourth-order valence-corrected chi connectivity index (χ4v) is 3.23. The fraction of sp³-hybridized carbons (Fsp3) is 0.933. The van der Waals surface area contributed by atoms with Gasteiger partial charge in [-0.25, -0.2) is 0 Å². The predicted molar refractivity (Wildman–Crippen MR) is 80.0 cm³/mol. The zero-order valence-corrected chi connectivity index (χ0v) is 12.9. The molecule has 2 atom stereocenters. The highest BCUT2D eigenvalue weighted by molar-refractivity contribution is 5.78. The highest BCUT2D eigenvalue weighted by atomic mass is 16.2. The van der Waals surface area contributed by atoms with Gasteiger partial charge in [-0.3, -0.25) is 9.69 Å². The summed E-state index contributed by atoms with van der Waals surface area (Å²) in [7, 11) is 2.08. The molecule has 0 saturated heterocycles. The summed E-state index contributed by atoms with van der Waals surface area (Å²) >= 11 is 0. The van der Waals surface area contributed by atoms with Gasteiger partial charge in [0.25, 0.3) is 0 Å². The largest absolute Gasteiger partial charge is 0.342 e. The van der Waals surface area contributed by atoms with Crippen LogP contribution in [0.25, 0.3) is 0 Å². The predicted octanol–water partition coefficient (Wildman–Crippen LogP) is 1.69. The van der Waals surface area contributed by atoms with Crippen molar-refractivity contribution in [2.24, 2.45) is 11.7 Å². The number of carbonyl (C=O) groups is 1. The van der Waals surface area contributed by atoms with Gasteiger partial charge in [0.15, 0.2) is 0 Å². The van der Waals surface area contributed by atoms with Gasteiger partial charge in [0.1, 0.15) is 0 Å². The van der Waals surface area contributed by atoms with E-state index in [1.54, 1.807) is 0 Å². The molecule has 0 aliphatic heterocycles. The summed E-state index contributed by atoms with van der Waals surface area (Å²) in [5, 5.41) is 0. The van der Waals surface area contributed by atoms with Crippen molar-refractivity contribution in [3.05, 3.63) is 0 Å². The first-order chi connectivity index (χ1) is 9.13. The first-order valence-electron chi connectivity index (χ1n) is 7.82. The van der Waals surface area contributed by atoms with Gasteiger partial charge < -0.3 is 10.6 Å². The van der Waals surface area contributed by atoms with Gasteiger partial charge in [-0.05, 0) is 46.2 Å². The number of hydrogen-bond donors (Lipinski definition) is 1. The number of rotatable bonds is 6. The van der Waals surface area contributed by atoms with Crippen molar-refractivity contribution >= 4 is 5.91 Å². The van der Waals surface area contributed by atoms with Crippen molar-refractivity contribution < 1.29 is 4.79 Å². The van der Waals surface area contributed by atoms with Crippen molar-refractivity contribution in [1.82, 2.24) is 9.80 Å². The van der Waals surface area contributed by atoms with Crippen LogP contribution in [0.5, 0.6) is 0 Å². The summed E-state index contributed by atoms with van der Waals surface area (Å²) in [6.45, 7) is 6.95. The Bertz CT molecular complexity index is 266. The quantitative estimate of drug-likeness (QED) is 0.747. The van der Waals surface area contributed by atoms with Crippen LogP contribution in [0.4, 0.5) is 0 Å². The zero-order chi connectivity index (χ0) is 14.3. The summed E-state index contributed by atoms with van der Waals surface area (Å²) < 4.78 is 0.